The highest BCUT2D eigenvalue weighted by atomic mass is 14.9. The molecule has 0 spiro atoms. The van der Waals surface area contributed by atoms with Crippen LogP contribution in [-0.2, 0) is 0 Å². The molecule has 82 valence electrons. The predicted octanol–water partition coefficient (Wildman–Crippen LogP) is 3.37. The molecule has 1 aliphatic carbocycles. The summed E-state index contributed by atoms with van der Waals surface area (Å²) in [5.74, 6) is 0. The molecule has 15 heavy (non-hydrogen) atoms. The van der Waals surface area contributed by atoms with E-state index in [9.17, 15) is 0 Å². The zero-order valence-electron chi connectivity index (χ0n) is 10.2. The molecule has 1 N–H and O–H groups in total. The first-order valence-electron chi connectivity index (χ1n) is 5.41. The Bertz CT molecular complexity index is 344. The lowest BCUT2D eigenvalue weighted by molar-refractivity contribution is 0.551. The van der Waals surface area contributed by atoms with Crippen LogP contribution in [0.25, 0.3) is 0 Å². The molecule has 0 fully saturated rings. The van der Waals surface area contributed by atoms with Gasteiger partial charge in [0.25, 0.3) is 0 Å². The summed E-state index contributed by atoms with van der Waals surface area (Å²) in [6, 6.07) is 0. The molecule has 1 unspecified atom stereocenters. The van der Waals surface area contributed by atoms with Crippen LogP contribution in [0, 0.1) is 0 Å². The van der Waals surface area contributed by atoms with Crippen LogP contribution in [0.4, 0.5) is 0 Å². The third-order valence-corrected chi connectivity index (χ3v) is 3.23. The summed E-state index contributed by atoms with van der Waals surface area (Å²) in [6.07, 6.45) is 9.54. The highest BCUT2D eigenvalue weighted by molar-refractivity contribution is 5.44. The van der Waals surface area contributed by atoms with Crippen molar-refractivity contribution in [2.75, 3.05) is 7.05 Å². The highest BCUT2D eigenvalue weighted by Crippen LogP contribution is 2.28. The lowest BCUT2D eigenvalue weighted by Crippen LogP contribution is -2.39. The van der Waals surface area contributed by atoms with Gasteiger partial charge in [-0.25, -0.2) is 0 Å². The van der Waals surface area contributed by atoms with Crippen molar-refractivity contribution in [3.05, 3.63) is 47.6 Å². The van der Waals surface area contributed by atoms with E-state index in [1.807, 2.05) is 13.1 Å². The number of likely N-dealkylation sites (N-methyl/N-ethyl adjacent to an activating group) is 1. The van der Waals surface area contributed by atoms with E-state index in [1.165, 1.54) is 16.7 Å². The van der Waals surface area contributed by atoms with E-state index < -0.39 is 0 Å². The monoisotopic (exact) mass is 203 g/mol. The molecule has 0 aromatic rings. The van der Waals surface area contributed by atoms with Gasteiger partial charge in [-0.15, -0.1) is 6.58 Å². The Morgan fingerprint density at radius 3 is 2.67 bits per heavy atom. The molecule has 1 atom stereocenters. The molecule has 0 heterocycles. The first-order chi connectivity index (χ1) is 7.03. The van der Waals surface area contributed by atoms with Crippen LogP contribution in [-0.4, -0.2) is 12.6 Å². The fraction of sp³-hybridized carbons (Fsp3) is 0.429. The molecule has 0 saturated carbocycles. The fourth-order valence-corrected chi connectivity index (χ4v) is 1.83. The average molecular weight is 203 g/mol. The zero-order valence-corrected chi connectivity index (χ0v) is 10.2. The maximum absolute atomic E-state index is 3.81. The normalized spacial score (nSPS) is 26.3. The molecule has 1 rings (SSSR count). The summed E-state index contributed by atoms with van der Waals surface area (Å²) in [5, 5.41) is 3.37. The van der Waals surface area contributed by atoms with Gasteiger partial charge in [-0.3, -0.25) is 0 Å². The molecular weight excluding hydrogens is 182 g/mol. The third-order valence-electron chi connectivity index (χ3n) is 3.23. The van der Waals surface area contributed by atoms with Gasteiger partial charge < -0.3 is 5.32 Å². The number of rotatable bonds is 3. The molecule has 1 nitrogen and oxygen atoms in total. The van der Waals surface area contributed by atoms with Crippen LogP contribution >= 0.6 is 0 Å². The number of allylic oxidation sites excluding steroid dienone is 5. The third kappa shape index (κ3) is 2.48. The second-order valence-electron chi connectivity index (χ2n) is 4.32. The SMILES string of the molecule is C=CCC1=C(C)C(C)(NC)C=CC(C)=C1. The molecule has 0 saturated heterocycles. The summed E-state index contributed by atoms with van der Waals surface area (Å²) < 4.78 is 0. The van der Waals surface area contributed by atoms with Gasteiger partial charge in [-0.2, -0.15) is 0 Å². The molecule has 0 aromatic carbocycles. The number of hydrogen-bond acceptors (Lipinski definition) is 1. The Kier molecular flexibility index (Phi) is 3.70. The molecule has 0 radical (unpaired) electrons. The standard InChI is InChI=1S/C14H21N/c1-6-7-13-10-11(2)8-9-14(4,15-5)12(13)3/h6,8-10,15H,1,7H2,2-5H3. The van der Waals surface area contributed by atoms with Gasteiger partial charge in [0.15, 0.2) is 0 Å². The Morgan fingerprint density at radius 2 is 2.13 bits per heavy atom. The average Bonchev–Trinajstić information content (AvgIpc) is 2.33. The molecule has 0 aliphatic heterocycles. The van der Waals surface area contributed by atoms with Crippen LogP contribution in [0.3, 0.4) is 0 Å². The van der Waals surface area contributed by atoms with Crippen molar-refractivity contribution in [2.45, 2.75) is 32.7 Å². The summed E-state index contributed by atoms with van der Waals surface area (Å²) in [4.78, 5) is 0. The van der Waals surface area contributed by atoms with Crippen molar-refractivity contribution in [3.8, 4) is 0 Å². The summed E-state index contributed by atoms with van der Waals surface area (Å²) in [7, 11) is 2.00. The van der Waals surface area contributed by atoms with Crippen LogP contribution in [0.5, 0.6) is 0 Å². The van der Waals surface area contributed by atoms with E-state index in [1.54, 1.807) is 0 Å². The zero-order chi connectivity index (χ0) is 11.5. The number of nitrogens with one attached hydrogen (secondary N) is 1. The largest absolute Gasteiger partial charge is 0.308 e. The maximum atomic E-state index is 3.81. The van der Waals surface area contributed by atoms with Gasteiger partial charge in [-0.05, 0) is 45.4 Å². The Hall–Kier alpha value is -1.08. The van der Waals surface area contributed by atoms with Crippen LogP contribution in [0.1, 0.15) is 27.2 Å². The molecule has 0 bridgehead atoms. The van der Waals surface area contributed by atoms with Gasteiger partial charge >= 0.3 is 0 Å². The van der Waals surface area contributed by atoms with E-state index in [2.05, 4.69) is 50.9 Å². The molecule has 0 amide bonds. The van der Waals surface area contributed by atoms with Crippen LogP contribution in [0.15, 0.2) is 47.6 Å². The van der Waals surface area contributed by atoms with Gasteiger partial charge in [0.2, 0.25) is 0 Å². The van der Waals surface area contributed by atoms with Gasteiger partial charge in [0.1, 0.15) is 0 Å². The minimum absolute atomic E-state index is 0.0351. The lowest BCUT2D eigenvalue weighted by Gasteiger charge is -2.28. The molecule has 0 aromatic heterocycles. The van der Waals surface area contributed by atoms with Crippen molar-refractivity contribution in [2.24, 2.45) is 0 Å². The fourth-order valence-electron chi connectivity index (χ4n) is 1.83. The van der Waals surface area contributed by atoms with Crippen molar-refractivity contribution in [1.29, 1.82) is 0 Å². The van der Waals surface area contributed by atoms with Crippen molar-refractivity contribution in [1.82, 2.24) is 5.32 Å². The molecular formula is C14H21N. The summed E-state index contributed by atoms with van der Waals surface area (Å²) in [5.41, 5.74) is 4.00. The van der Waals surface area contributed by atoms with Crippen molar-refractivity contribution in [3.63, 3.8) is 0 Å². The van der Waals surface area contributed by atoms with Crippen LogP contribution in [0.2, 0.25) is 0 Å². The minimum atomic E-state index is -0.0351. The Balaban J connectivity index is 3.23. The van der Waals surface area contributed by atoms with E-state index in [4.69, 9.17) is 0 Å². The quantitative estimate of drug-likeness (QED) is 0.693. The van der Waals surface area contributed by atoms with Gasteiger partial charge in [-0.1, -0.05) is 29.9 Å². The summed E-state index contributed by atoms with van der Waals surface area (Å²) >= 11 is 0. The van der Waals surface area contributed by atoms with Crippen molar-refractivity contribution < 1.29 is 0 Å². The summed E-state index contributed by atoms with van der Waals surface area (Å²) in [6.45, 7) is 10.3. The molecule has 1 heteroatoms. The Morgan fingerprint density at radius 1 is 1.47 bits per heavy atom. The molecule has 1 aliphatic rings. The highest BCUT2D eigenvalue weighted by Gasteiger charge is 2.23. The lowest BCUT2D eigenvalue weighted by atomic mass is 9.89. The first kappa shape index (κ1) is 12.0. The first-order valence-corrected chi connectivity index (χ1v) is 5.41. The second kappa shape index (κ2) is 4.63. The van der Waals surface area contributed by atoms with E-state index in [0.717, 1.165) is 6.42 Å². The topological polar surface area (TPSA) is 12.0 Å². The Labute approximate surface area is 93.3 Å². The van der Waals surface area contributed by atoms with E-state index in [-0.39, 0.29) is 5.54 Å². The van der Waals surface area contributed by atoms with E-state index >= 15 is 0 Å². The van der Waals surface area contributed by atoms with Crippen molar-refractivity contribution >= 4 is 0 Å². The second-order valence-corrected chi connectivity index (χ2v) is 4.32. The minimum Gasteiger partial charge on any atom is -0.308 e. The predicted molar refractivity (Wildman–Crippen MR) is 67.9 cm³/mol. The maximum Gasteiger partial charge on any atom is 0.0554 e. The van der Waals surface area contributed by atoms with E-state index in [0.29, 0.717) is 0 Å². The number of hydrogen-bond donors (Lipinski definition) is 1. The van der Waals surface area contributed by atoms with Gasteiger partial charge in [0, 0.05) is 0 Å². The smallest absolute Gasteiger partial charge is 0.0554 e. The van der Waals surface area contributed by atoms with Gasteiger partial charge in [0.05, 0.1) is 5.54 Å². The van der Waals surface area contributed by atoms with Crippen LogP contribution < -0.4 is 5.32 Å².